The number of thiophene rings is 1. The fourth-order valence-corrected chi connectivity index (χ4v) is 2.79. The molecule has 0 aliphatic rings. The van der Waals surface area contributed by atoms with Crippen molar-refractivity contribution in [2.45, 2.75) is 13.8 Å². The van der Waals surface area contributed by atoms with Crippen molar-refractivity contribution in [1.82, 2.24) is 4.98 Å². The van der Waals surface area contributed by atoms with E-state index in [9.17, 15) is 4.79 Å². The van der Waals surface area contributed by atoms with Gasteiger partial charge in [0.15, 0.2) is 0 Å². The molecule has 0 aliphatic carbocycles. The molecule has 5 heteroatoms. The number of carbonyl (C=O) groups is 1. The van der Waals surface area contributed by atoms with Gasteiger partial charge in [-0.15, -0.1) is 11.3 Å². The number of nitrogens with zero attached hydrogens (tertiary/aromatic N) is 1. The minimum Gasteiger partial charge on any atom is -0.340 e. The number of carbonyl (C=O) groups excluding carboxylic acids is 1. The number of aryl methyl sites for hydroxylation is 1. The van der Waals surface area contributed by atoms with Gasteiger partial charge < -0.3 is 10.6 Å². The zero-order chi connectivity index (χ0) is 16.2. The summed E-state index contributed by atoms with van der Waals surface area (Å²) in [7, 11) is 0. The number of pyridine rings is 1. The smallest absolute Gasteiger partial charge is 0.265 e. The Morgan fingerprint density at radius 2 is 1.96 bits per heavy atom. The van der Waals surface area contributed by atoms with Crippen molar-refractivity contribution in [2.75, 3.05) is 10.6 Å². The van der Waals surface area contributed by atoms with Crippen molar-refractivity contribution < 1.29 is 4.79 Å². The normalized spacial score (nSPS) is 10.3. The molecule has 2 heterocycles. The minimum absolute atomic E-state index is 0.114. The molecule has 3 rings (SSSR count). The summed E-state index contributed by atoms with van der Waals surface area (Å²) in [5.74, 6) is 0.630. The van der Waals surface area contributed by atoms with Gasteiger partial charge in [0.2, 0.25) is 0 Å². The third-order valence-electron chi connectivity index (χ3n) is 3.63. The van der Waals surface area contributed by atoms with Gasteiger partial charge in [-0.3, -0.25) is 4.79 Å². The van der Waals surface area contributed by atoms with E-state index in [1.807, 2.05) is 35.7 Å². The fraction of sp³-hybridized carbons (Fsp3) is 0.111. The molecule has 1 amide bonds. The zero-order valence-corrected chi connectivity index (χ0v) is 13.8. The number of aromatic nitrogens is 1. The Hall–Kier alpha value is -2.66. The average Bonchev–Trinajstić information content (AvgIpc) is 3.08. The van der Waals surface area contributed by atoms with Crippen LogP contribution in [0.1, 0.15) is 20.8 Å². The number of nitrogens with one attached hydrogen (secondary N) is 2. The SMILES string of the molecule is Cc1cccc(Nc2ccc(NC(=O)c3cccs3)cn2)c1C. The van der Waals surface area contributed by atoms with E-state index in [1.54, 1.807) is 12.3 Å². The molecule has 3 aromatic rings. The third-order valence-corrected chi connectivity index (χ3v) is 4.50. The lowest BCUT2D eigenvalue weighted by molar-refractivity contribution is 0.103. The van der Waals surface area contributed by atoms with E-state index in [1.165, 1.54) is 22.5 Å². The summed E-state index contributed by atoms with van der Waals surface area (Å²) in [6.45, 7) is 4.16. The Morgan fingerprint density at radius 1 is 1.09 bits per heavy atom. The van der Waals surface area contributed by atoms with Crippen molar-refractivity contribution in [1.29, 1.82) is 0 Å². The van der Waals surface area contributed by atoms with Crippen LogP contribution in [0.5, 0.6) is 0 Å². The molecule has 4 nitrogen and oxygen atoms in total. The van der Waals surface area contributed by atoms with Crippen LogP contribution in [0, 0.1) is 13.8 Å². The van der Waals surface area contributed by atoms with Crippen LogP contribution in [-0.4, -0.2) is 10.9 Å². The van der Waals surface area contributed by atoms with Crippen LogP contribution in [0.25, 0.3) is 0 Å². The topological polar surface area (TPSA) is 54.0 Å². The maximum Gasteiger partial charge on any atom is 0.265 e. The van der Waals surface area contributed by atoms with E-state index in [0.29, 0.717) is 10.6 Å². The molecule has 0 bridgehead atoms. The highest BCUT2D eigenvalue weighted by Gasteiger charge is 2.07. The predicted molar refractivity (Wildman–Crippen MR) is 95.7 cm³/mol. The molecule has 0 spiro atoms. The van der Waals surface area contributed by atoms with Crippen LogP contribution < -0.4 is 10.6 Å². The van der Waals surface area contributed by atoms with Crippen LogP contribution in [-0.2, 0) is 0 Å². The van der Waals surface area contributed by atoms with Gasteiger partial charge in [-0.2, -0.15) is 0 Å². The monoisotopic (exact) mass is 323 g/mol. The Kier molecular flexibility index (Phi) is 4.39. The van der Waals surface area contributed by atoms with E-state index in [0.717, 1.165) is 11.5 Å². The van der Waals surface area contributed by atoms with E-state index >= 15 is 0 Å². The predicted octanol–water partition coefficient (Wildman–Crippen LogP) is 4.76. The highest BCUT2D eigenvalue weighted by Crippen LogP contribution is 2.22. The van der Waals surface area contributed by atoms with Crippen molar-refractivity contribution in [3.05, 3.63) is 70.0 Å². The van der Waals surface area contributed by atoms with Crippen LogP contribution in [0.4, 0.5) is 17.2 Å². The zero-order valence-electron chi connectivity index (χ0n) is 13.0. The quantitative estimate of drug-likeness (QED) is 0.728. The number of amides is 1. The largest absolute Gasteiger partial charge is 0.340 e. The number of anilines is 3. The summed E-state index contributed by atoms with van der Waals surface area (Å²) < 4.78 is 0. The molecule has 0 atom stereocenters. The summed E-state index contributed by atoms with van der Waals surface area (Å²) in [6, 6.07) is 13.5. The molecule has 2 aromatic heterocycles. The second-order valence-corrected chi connectivity index (χ2v) is 6.18. The number of rotatable bonds is 4. The van der Waals surface area contributed by atoms with Gasteiger partial charge in [0, 0.05) is 5.69 Å². The molecule has 0 radical (unpaired) electrons. The molecular formula is C18H17N3OS. The van der Waals surface area contributed by atoms with Crippen LogP contribution in [0.2, 0.25) is 0 Å². The van der Waals surface area contributed by atoms with Crippen molar-refractivity contribution in [3.63, 3.8) is 0 Å². The molecule has 0 aliphatic heterocycles. The van der Waals surface area contributed by atoms with Crippen LogP contribution in [0.3, 0.4) is 0 Å². The average molecular weight is 323 g/mol. The lowest BCUT2D eigenvalue weighted by Gasteiger charge is -2.11. The Labute approximate surface area is 139 Å². The highest BCUT2D eigenvalue weighted by atomic mass is 32.1. The van der Waals surface area contributed by atoms with E-state index in [4.69, 9.17) is 0 Å². The van der Waals surface area contributed by atoms with Gasteiger partial charge in [0.05, 0.1) is 16.8 Å². The summed E-state index contributed by atoms with van der Waals surface area (Å²) >= 11 is 1.41. The Bertz CT molecular complexity index is 811. The molecular weight excluding hydrogens is 306 g/mol. The Balaban J connectivity index is 1.70. The highest BCUT2D eigenvalue weighted by molar-refractivity contribution is 7.12. The van der Waals surface area contributed by atoms with Crippen molar-refractivity contribution in [3.8, 4) is 0 Å². The van der Waals surface area contributed by atoms with E-state index in [-0.39, 0.29) is 5.91 Å². The lowest BCUT2D eigenvalue weighted by Crippen LogP contribution is -2.10. The van der Waals surface area contributed by atoms with Crippen LogP contribution in [0.15, 0.2) is 54.0 Å². The molecule has 0 saturated carbocycles. The second-order valence-electron chi connectivity index (χ2n) is 5.24. The lowest BCUT2D eigenvalue weighted by atomic mass is 10.1. The summed E-state index contributed by atoms with van der Waals surface area (Å²) in [4.78, 5) is 17.0. The molecule has 0 unspecified atom stereocenters. The summed E-state index contributed by atoms with van der Waals surface area (Å²) in [6.07, 6.45) is 1.65. The number of benzene rings is 1. The standard InChI is InChI=1S/C18H17N3OS/c1-12-5-3-6-15(13(12)2)21-17-9-8-14(11-19-17)20-18(22)16-7-4-10-23-16/h3-11H,1-2H3,(H,19,21)(H,20,22). The Morgan fingerprint density at radius 3 is 2.65 bits per heavy atom. The van der Waals surface area contributed by atoms with Gasteiger partial charge in [-0.05, 0) is 54.6 Å². The molecule has 0 saturated heterocycles. The summed E-state index contributed by atoms with van der Waals surface area (Å²) in [5.41, 5.74) is 4.14. The molecule has 0 fully saturated rings. The first-order chi connectivity index (χ1) is 11.1. The van der Waals surface area contributed by atoms with E-state index < -0.39 is 0 Å². The molecule has 23 heavy (non-hydrogen) atoms. The van der Waals surface area contributed by atoms with E-state index in [2.05, 4.69) is 35.5 Å². The molecule has 116 valence electrons. The van der Waals surface area contributed by atoms with Crippen LogP contribution >= 0.6 is 11.3 Å². The number of hydrogen-bond donors (Lipinski definition) is 2. The van der Waals surface area contributed by atoms with Gasteiger partial charge in [-0.1, -0.05) is 18.2 Å². The van der Waals surface area contributed by atoms with Crippen molar-refractivity contribution >= 4 is 34.4 Å². The van der Waals surface area contributed by atoms with Crippen molar-refractivity contribution in [2.24, 2.45) is 0 Å². The first kappa shape index (κ1) is 15.2. The maximum absolute atomic E-state index is 12.0. The van der Waals surface area contributed by atoms with Gasteiger partial charge in [0.1, 0.15) is 5.82 Å². The molecule has 2 N–H and O–H groups in total. The minimum atomic E-state index is -0.114. The first-order valence-corrected chi connectivity index (χ1v) is 8.15. The molecule has 1 aromatic carbocycles. The number of hydrogen-bond acceptors (Lipinski definition) is 4. The van der Waals surface area contributed by atoms with Gasteiger partial charge in [-0.25, -0.2) is 4.98 Å². The van der Waals surface area contributed by atoms with Gasteiger partial charge >= 0.3 is 0 Å². The summed E-state index contributed by atoms with van der Waals surface area (Å²) in [5, 5.41) is 8.02. The maximum atomic E-state index is 12.0. The third kappa shape index (κ3) is 3.57. The first-order valence-electron chi connectivity index (χ1n) is 7.27. The fourth-order valence-electron chi connectivity index (χ4n) is 2.17. The second kappa shape index (κ2) is 6.62. The van der Waals surface area contributed by atoms with Gasteiger partial charge in [0.25, 0.3) is 5.91 Å².